The van der Waals surface area contributed by atoms with E-state index in [2.05, 4.69) is 5.32 Å². The van der Waals surface area contributed by atoms with E-state index in [0.717, 1.165) is 18.7 Å². The third-order valence-electron chi connectivity index (χ3n) is 2.85. The summed E-state index contributed by atoms with van der Waals surface area (Å²) in [7, 11) is 0. The van der Waals surface area contributed by atoms with Crippen molar-refractivity contribution in [1.82, 2.24) is 0 Å². The zero-order chi connectivity index (χ0) is 13.5. The van der Waals surface area contributed by atoms with Crippen molar-refractivity contribution in [1.29, 1.82) is 0 Å². The van der Waals surface area contributed by atoms with Crippen LogP contribution in [0.25, 0.3) is 0 Å². The molecule has 0 spiro atoms. The number of carbonyl (C=O) groups excluding carboxylic acids is 1. The van der Waals surface area contributed by atoms with Gasteiger partial charge in [-0.15, -0.1) is 0 Å². The van der Waals surface area contributed by atoms with E-state index in [1.54, 1.807) is 0 Å². The highest BCUT2D eigenvalue weighted by Crippen LogP contribution is 2.09. The summed E-state index contributed by atoms with van der Waals surface area (Å²) in [4.78, 5) is 11.8. The van der Waals surface area contributed by atoms with Crippen molar-refractivity contribution in [3.63, 3.8) is 0 Å². The van der Waals surface area contributed by atoms with Gasteiger partial charge in [-0.05, 0) is 42.8 Å². The summed E-state index contributed by atoms with van der Waals surface area (Å²) in [5.74, 6) is -0.267. The first-order valence-electron chi connectivity index (χ1n) is 6.33. The molecule has 0 heterocycles. The lowest BCUT2D eigenvalue weighted by atomic mass is 10.1. The van der Waals surface area contributed by atoms with Gasteiger partial charge < -0.3 is 5.32 Å². The van der Waals surface area contributed by atoms with Crippen LogP contribution >= 0.6 is 0 Å². The monoisotopic (exact) mass is 257 g/mol. The lowest BCUT2D eigenvalue weighted by Crippen LogP contribution is -2.05. The van der Waals surface area contributed by atoms with Crippen molar-refractivity contribution in [2.75, 3.05) is 11.9 Å². The molecular weight excluding hydrogens is 241 g/mol. The quantitative estimate of drug-likeness (QED) is 0.628. The second-order valence-electron chi connectivity index (χ2n) is 4.33. The fourth-order valence-corrected chi connectivity index (χ4v) is 1.82. The van der Waals surface area contributed by atoms with Gasteiger partial charge in [0.05, 0.1) is 0 Å². The Morgan fingerprint density at radius 3 is 2.37 bits per heavy atom. The molecular formula is C16H16FNO. The lowest BCUT2D eigenvalue weighted by molar-refractivity contribution is 0.0981. The van der Waals surface area contributed by atoms with Crippen LogP contribution in [0.15, 0.2) is 54.6 Å². The Bertz CT molecular complexity index is 522. The van der Waals surface area contributed by atoms with Crippen molar-refractivity contribution >= 4 is 11.5 Å². The molecule has 0 saturated carbocycles. The highest BCUT2D eigenvalue weighted by atomic mass is 19.1. The highest BCUT2D eigenvalue weighted by molar-refractivity contribution is 5.95. The molecule has 2 nitrogen and oxygen atoms in total. The SMILES string of the molecule is O=C(CCCNc1ccccc1)c1ccc(F)cc1. The number of hydrogen-bond donors (Lipinski definition) is 1. The van der Waals surface area contributed by atoms with Crippen molar-refractivity contribution in [3.8, 4) is 0 Å². The first-order chi connectivity index (χ1) is 9.25. The van der Waals surface area contributed by atoms with Gasteiger partial charge in [0, 0.05) is 24.2 Å². The number of Topliss-reactive ketones (excluding diaryl/α,β-unsaturated/α-hetero) is 1. The standard InChI is InChI=1S/C16H16FNO/c17-14-10-8-13(9-11-14)16(19)7-4-12-18-15-5-2-1-3-6-15/h1-3,5-6,8-11,18H,4,7,12H2. The predicted molar refractivity (Wildman–Crippen MR) is 74.9 cm³/mol. The van der Waals surface area contributed by atoms with Gasteiger partial charge in [0.1, 0.15) is 5.82 Å². The Morgan fingerprint density at radius 2 is 1.68 bits per heavy atom. The van der Waals surface area contributed by atoms with Crippen molar-refractivity contribution in [2.24, 2.45) is 0 Å². The summed E-state index contributed by atoms with van der Waals surface area (Å²) in [6.45, 7) is 0.747. The Hall–Kier alpha value is -2.16. The summed E-state index contributed by atoms with van der Waals surface area (Å²) in [5, 5.41) is 3.25. The second kappa shape index (κ2) is 6.69. The molecule has 2 rings (SSSR count). The Balaban J connectivity index is 1.74. The summed E-state index contributed by atoms with van der Waals surface area (Å²) in [5.41, 5.74) is 1.62. The van der Waals surface area contributed by atoms with Crippen molar-refractivity contribution in [2.45, 2.75) is 12.8 Å². The second-order valence-corrected chi connectivity index (χ2v) is 4.33. The molecule has 3 heteroatoms. The van der Waals surface area contributed by atoms with Crippen LogP contribution < -0.4 is 5.32 Å². The Kier molecular flexibility index (Phi) is 4.67. The van der Waals surface area contributed by atoms with Gasteiger partial charge in [0.2, 0.25) is 0 Å². The number of para-hydroxylation sites is 1. The van der Waals surface area contributed by atoms with Gasteiger partial charge in [0.15, 0.2) is 5.78 Å². The number of nitrogens with one attached hydrogen (secondary N) is 1. The Labute approximate surface area is 112 Å². The normalized spacial score (nSPS) is 10.2. The summed E-state index contributed by atoms with van der Waals surface area (Å²) < 4.78 is 12.7. The van der Waals surface area contributed by atoms with Gasteiger partial charge in [-0.3, -0.25) is 4.79 Å². The van der Waals surface area contributed by atoms with Crippen molar-refractivity contribution in [3.05, 3.63) is 66.0 Å². The minimum Gasteiger partial charge on any atom is -0.385 e. The first kappa shape index (κ1) is 13.3. The van der Waals surface area contributed by atoms with Crippen LogP contribution in [-0.4, -0.2) is 12.3 Å². The molecule has 0 aromatic heterocycles. The van der Waals surface area contributed by atoms with Gasteiger partial charge in [-0.1, -0.05) is 18.2 Å². The van der Waals surface area contributed by atoms with E-state index in [0.29, 0.717) is 12.0 Å². The maximum Gasteiger partial charge on any atom is 0.162 e. The molecule has 0 aliphatic carbocycles. The zero-order valence-corrected chi connectivity index (χ0v) is 10.6. The molecule has 0 atom stereocenters. The number of halogens is 1. The van der Waals surface area contributed by atoms with E-state index in [4.69, 9.17) is 0 Å². The van der Waals surface area contributed by atoms with Gasteiger partial charge in [-0.25, -0.2) is 4.39 Å². The lowest BCUT2D eigenvalue weighted by Gasteiger charge is -2.05. The van der Waals surface area contributed by atoms with Crippen LogP contribution in [-0.2, 0) is 0 Å². The third-order valence-corrected chi connectivity index (χ3v) is 2.85. The third kappa shape index (κ3) is 4.21. The van der Waals surface area contributed by atoms with E-state index in [1.807, 2.05) is 30.3 Å². The fraction of sp³-hybridized carbons (Fsp3) is 0.188. The molecule has 19 heavy (non-hydrogen) atoms. The van der Waals surface area contributed by atoms with Gasteiger partial charge >= 0.3 is 0 Å². The topological polar surface area (TPSA) is 29.1 Å². The molecule has 0 bridgehead atoms. The Morgan fingerprint density at radius 1 is 1.00 bits per heavy atom. The van der Waals surface area contributed by atoms with Crippen LogP contribution in [0.5, 0.6) is 0 Å². The zero-order valence-electron chi connectivity index (χ0n) is 10.6. The molecule has 0 saturated heterocycles. The van der Waals surface area contributed by atoms with E-state index in [9.17, 15) is 9.18 Å². The minimum atomic E-state index is -0.317. The van der Waals surface area contributed by atoms with Crippen LogP contribution in [0.1, 0.15) is 23.2 Å². The number of ketones is 1. The predicted octanol–water partition coefficient (Wildman–Crippen LogP) is 3.90. The van der Waals surface area contributed by atoms with Crippen molar-refractivity contribution < 1.29 is 9.18 Å². The van der Waals surface area contributed by atoms with Crippen LogP contribution in [0, 0.1) is 5.82 Å². The minimum absolute atomic E-state index is 0.0508. The fourth-order valence-electron chi connectivity index (χ4n) is 1.82. The molecule has 2 aromatic carbocycles. The van der Waals surface area contributed by atoms with Gasteiger partial charge in [0.25, 0.3) is 0 Å². The highest BCUT2D eigenvalue weighted by Gasteiger charge is 2.05. The van der Waals surface area contributed by atoms with E-state index >= 15 is 0 Å². The number of anilines is 1. The summed E-state index contributed by atoms with van der Waals surface area (Å²) >= 11 is 0. The molecule has 0 radical (unpaired) electrons. The smallest absolute Gasteiger partial charge is 0.162 e. The molecule has 2 aromatic rings. The van der Waals surface area contributed by atoms with Crippen LogP contribution in [0.3, 0.4) is 0 Å². The average molecular weight is 257 g/mol. The molecule has 0 amide bonds. The molecule has 0 fully saturated rings. The van der Waals surface area contributed by atoms with Crippen LogP contribution in [0.2, 0.25) is 0 Å². The maximum atomic E-state index is 12.7. The molecule has 98 valence electrons. The average Bonchev–Trinajstić information content (AvgIpc) is 2.45. The molecule has 1 N–H and O–H groups in total. The summed E-state index contributed by atoms with van der Waals surface area (Å²) in [6.07, 6.45) is 1.22. The summed E-state index contributed by atoms with van der Waals surface area (Å²) in [6, 6.07) is 15.6. The largest absolute Gasteiger partial charge is 0.385 e. The molecule has 0 aliphatic heterocycles. The molecule has 0 unspecified atom stereocenters. The van der Waals surface area contributed by atoms with E-state index in [-0.39, 0.29) is 11.6 Å². The number of hydrogen-bond acceptors (Lipinski definition) is 2. The number of benzene rings is 2. The maximum absolute atomic E-state index is 12.7. The van der Waals surface area contributed by atoms with E-state index < -0.39 is 0 Å². The number of carbonyl (C=O) groups is 1. The van der Waals surface area contributed by atoms with Crippen LogP contribution in [0.4, 0.5) is 10.1 Å². The van der Waals surface area contributed by atoms with E-state index in [1.165, 1.54) is 24.3 Å². The number of rotatable bonds is 6. The first-order valence-corrected chi connectivity index (χ1v) is 6.33. The van der Waals surface area contributed by atoms with Gasteiger partial charge in [-0.2, -0.15) is 0 Å². The molecule has 0 aliphatic rings.